The Morgan fingerprint density at radius 1 is 1.62 bits per heavy atom. The molecule has 1 N–H and O–H groups in total. The third kappa shape index (κ3) is 4.54. The van der Waals surface area contributed by atoms with Crippen molar-refractivity contribution < 1.29 is 4.79 Å². The molecule has 1 atom stereocenters. The highest BCUT2D eigenvalue weighted by molar-refractivity contribution is 9.10. The molecule has 5 nitrogen and oxygen atoms in total. The zero-order valence-corrected chi connectivity index (χ0v) is 15.3. The summed E-state index contributed by atoms with van der Waals surface area (Å²) < 4.78 is 2.75. The Bertz CT molecular complexity index is 601. The number of likely N-dealkylation sites (N-methyl/N-ethyl adjacent to an activating group) is 2. The minimum Gasteiger partial charge on any atom is -0.339 e. The average Bonchev–Trinajstić information content (AvgIpc) is 2.99. The minimum atomic E-state index is -0.364. The molecule has 0 bridgehead atoms. The normalized spacial score (nSPS) is 11.8. The largest absolute Gasteiger partial charge is 0.339 e. The summed E-state index contributed by atoms with van der Waals surface area (Å²) in [6.07, 6.45) is 3.57. The Balaban J connectivity index is 0.00000220. The Kier molecular flexibility index (Phi) is 6.86. The summed E-state index contributed by atoms with van der Waals surface area (Å²) in [6, 6.07) is 1.67. The van der Waals surface area contributed by atoms with Crippen molar-refractivity contribution >= 4 is 45.6 Å². The van der Waals surface area contributed by atoms with Crippen LogP contribution in [0.15, 0.2) is 28.3 Å². The molecular formula is C13H18BrClN4OS. The maximum Gasteiger partial charge on any atom is 0.244 e. The monoisotopic (exact) mass is 392 g/mol. The third-order valence-corrected chi connectivity index (χ3v) is 4.67. The molecule has 0 aromatic carbocycles. The summed E-state index contributed by atoms with van der Waals surface area (Å²) in [5, 5.41) is 9.19. The van der Waals surface area contributed by atoms with E-state index in [0.29, 0.717) is 6.54 Å². The molecular weight excluding hydrogens is 376 g/mol. The predicted molar refractivity (Wildman–Crippen MR) is 90.7 cm³/mol. The van der Waals surface area contributed by atoms with Gasteiger partial charge in [-0.2, -0.15) is 5.10 Å². The lowest BCUT2D eigenvalue weighted by molar-refractivity contribution is -0.132. The van der Waals surface area contributed by atoms with Gasteiger partial charge >= 0.3 is 0 Å². The lowest BCUT2D eigenvalue weighted by Crippen LogP contribution is -2.36. The van der Waals surface area contributed by atoms with E-state index in [1.165, 1.54) is 0 Å². The number of nitrogens with one attached hydrogen (secondary N) is 1. The highest BCUT2D eigenvalue weighted by atomic mass is 79.9. The molecule has 2 heterocycles. The second kappa shape index (κ2) is 7.93. The lowest BCUT2D eigenvalue weighted by atomic mass is 10.1. The van der Waals surface area contributed by atoms with Gasteiger partial charge in [-0.1, -0.05) is 0 Å². The predicted octanol–water partition coefficient (Wildman–Crippen LogP) is 2.59. The van der Waals surface area contributed by atoms with Gasteiger partial charge in [0.1, 0.15) is 6.04 Å². The minimum absolute atomic E-state index is 0. The van der Waals surface area contributed by atoms with Crippen molar-refractivity contribution in [2.45, 2.75) is 12.6 Å². The molecule has 1 unspecified atom stereocenters. The summed E-state index contributed by atoms with van der Waals surface area (Å²) >= 11 is 5.06. The standard InChI is InChI=1S/C13H17BrN4OS.ClH/c1-15-12(9-5-16-18(3)6-9)13(19)17(2)7-11-4-10(14)8-20-11;/h4-6,8,12,15H,7H2,1-3H3;1H. The van der Waals surface area contributed by atoms with E-state index in [4.69, 9.17) is 0 Å². The summed E-state index contributed by atoms with van der Waals surface area (Å²) in [7, 11) is 5.44. The lowest BCUT2D eigenvalue weighted by Gasteiger charge is -2.22. The van der Waals surface area contributed by atoms with E-state index < -0.39 is 0 Å². The van der Waals surface area contributed by atoms with Crippen LogP contribution in [-0.4, -0.2) is 34.7 Å². The van der Waals surface area contributed by atoms with Gasteiger partial charge in [-0.3, -0.25) is 9.48 Å². The Hall–Kier alpha value is -0.890. The number of aryl methyl sites for hydroxylation is 1. The Labute approximate surface area is 142 Å². The van der Waals surface area contributed by atoms with Gasteiger partial charge in [-0.15, -0.1) is 23.7 Å². The van der Waals surface area contributed by atoms with E-state index in [-0.39, 0.29) is 24.4 Å². The fourth-order valence-corrected chi connectivity index (χ4v) is 3.49. The second-order valence-corrected chi connectivity index (χ2v) is 6.51. The van der Waals surface area contributed by atoms with Crippen LogP contribution in [0.1, 0.15) is 16.5 Å². The van der Waals surface area contributed by atoms with Crippen molar-refractivity contribution in [2.24, 2.45) is 7.05 Å². The summed E-state index contributed by atoms with van der Waals surface area (Å²) in [5.41, 5.74) is 0.874. The molecule has 2 aromatic rings. The summed E-state index contributed by atoms with van der Waals surface area (Å²) in [4.78, 5) is 15.4. The Morgan fingerprint density at radius 2 is 2.33 bits per heavy atom. The molecule has 0 aliphatic carbocycles. The van der Waals surface area contributed by atoms with Gasteiger partial charge in [0, 0.05) is 40.6 Å². The molecule has 1 amide bonds. The third-order valence-electron chi connectivity index (χ3n) is 2.98. The number of amides is 1. The van der Waals surface area contributed by atoms with Crippen LogP contribution in [0, 0.1) is 0 Å². The van der Waals surface area contributed by atoms with Crippen LogP contribution < -0.4 is 5.32 Å². The number of carbonyl (C=O) groups is 1. The van der Waals surface area contributed by atoms with Gasteiger partial charge in [0.25, 0.3) is 0 Å². The zero-order chi connectivity index (χ0) is 14.7. The van der Waals surface area contributed by atoms with Gasteiger partial charge in [-0.25, -0.2) is 0 Å². The van der Waals surface area contributed by atoms with E-state index in [9.17, 15) is 4.79 Å². The molecule has 2 rings (SSSR count). The van der Waals surface area contributed by atoms with Crippen molar-refractivity contribution in [3.63, 3.8) is 0 Å². The molecule has 2 aromatic heterocycles. The number of carbonyl (C=O) groups excluding carboxylic acids is 1. The quantitative estimate of drug-likeness (QED) is 0.849. The molecule has 21 heavy (non-hydrogen) atoms. The molecule has 0 saturated carbocycles. The maximum atomic E-state index is 12.5. The molecule has 0 spiro atoms. The van der Waals surface area contributed by atoms with Crippen LogP contribution >= 0.6 is 39.7 Å². The first-order valence-corrected chi connectivity index (χ1v) is 7.82. The van der Waals surface area contributed by atoms with E-state index in [0.717, 1.165) is 14.9 Å². The van der Waals surface area contributed by atoms with Gasteiger partial charge < -0.3 is 10.2 Å². The van der Waals surface area contributed by atoms with E-state index >= 15 is 0 Å². The molecule has 0 saturated heterocycles. The van der Waals surface area contributed by atoms with Crippen LogP contribution in [0.4, 0.5) is 0 Å². The first-order valence-electron chi connectivity index (χ1n) is 6.15. The van der Waals surface area contributed by atoms with Crippen molar-refractivity contribution in [3.8, 4) is 0 Å². The van der Waals surface area contributed by atoms with Crippen LogP contribution in [0.5, 0.6) is 0 Å². The fraction of sp³-hybridized carbons (Fsp3) is 0.385. The van der Waals surface area contributed by atoms with Gasteiger partial charge in [0.05, 0.1) is 12.7 Å². The molecule has 0 aliphatic heterocycles. The number of halogens is 2. The topological polar surface area (TPSA) is 50.2 Å². The second-order valence-electron chi connectivity index (χ2n) is 4.59. The number of nitrogens with zero attached hydrogens (tertiary/aromatic N) is 3. The maximum absolute atomic E-state index is 12.5. The van der Waals surface area contributed by atoms with Crippen LogP contribution in [0.2, 0.25) is 0 Å². The van der Waals surface area contributed by atoms with Gasteiger partial charge in [-0.05, 0) is 29.0 Å². The number of hydrogen-bond acceptors (Lipinski definition) is 4. The fourth-order valence-electron chi connectivity index (χ4n) is 1.99. The number of thiophene rings is 1. The SMILES string of the molecule is CNC(C(=O)N(C)Cc1cc(Br)cs1)c1cnn(C)c1.Cl. The van der Waals surface area contributed by atoms with E-state index in [1.54, 1.807) is 34.2 Å². The smallest absolute Gasteiger partial charge is 0.244 e. The zero-order valence-electron chi connectivity index (χ0n) is 12.0. The first-order chi connectivity index (χ1) is 9.51. The van der Waals surface area contributed by atoms with Crippen molar-refractivity contribution in [3.05, 3.63) is 38.8 Å². The van der Waals surface area contributed by atoms with Crippen molar-refractivity contribution in [2.75, 3.05) is 14.1 Å². The van der Waals surface area contributed by atoms with Crippen LogP contribution in [-0.2, 0) is 18.4 Å². The first kappa shape index (κ1) is 18.2. The van der Waals surface area contributed by atoms with Crippen LogP contribution in [0.25, 0.3) is 0 Å². The number of rotatable bonds is 5. The highest BCUT2D eigenvalue weighted by Crippen LogP contribution is 2.22. The average molecular weight is 394 g/mol. The van der Waals surface area contributed by atoms with Crippen LogP contribution in [0.3, 0.4) is 0 Å². The van der Waals surface area contributed by atoms with Crippen molar-refractivity contribution in [1.29, 1.82) is 0 Å². The van der Waals surface area contributed by atoms with E-state index in [2.05, 4.69) is 26.3 Å². The van der Waals surface area contributed by atoms with Gasteiger partial charge in [0.15, 0.2) is 0 Å². The molecule has 0 fully saturated rings. The molecule has 0 radical (unpaired) electrons. The highest BCUT2D eigenvalue weighted by Gasteiger charge is 2.23. The molecule has 8 heteroatoms. The summed E-state index contributed by atoms with van der Waals surface area (Å²) in [5.74, 6) is 0.0324. The number of aromatic nitrogens is 2. The molecule has 0 aliphatic rings. The summed E-state index contributed by atoms with van der Waals surface area (Å²) in [6.45, 7) is 0.605. The van der Waals surface area contributed by atoms with E-state index in [1.807, 2.05) is 31.7 Å². The van der Waals surface area contributed by atoms with Crippen molar-refractivity contribution in [1.82, 2.24) is 20.0 Å². The molecule has 116 valence electrons. The number of hydrogen-bond donors (Lipinski definition) is 1. The van der Waals surface area contributed by atoms with Gasteiger partial charge in [0.2, 0.25) is 5.91 Å². The Morgan fingerprint density at radius 3 is 2.81 bits per heavy atom.